The minimum absolute atomic E-state index is 0.565. The average Bonchev–Trinajstić information content (AvgIpc) is 2.48. The van der Waals surface area contributed by atoms with Gasteiger partial charge in [0.15, 0.2) is 0 Å². The van der Waals surface area contributed by atoms with Gasteiger partial charge in [-0.25, -0.2) is 4.98 Å². The number of rotatable bonds is 7. The van der Waals surface area contributed by atoms with Crippen molar-refractivity contribution >= 4 is 15.9 Å². The van der Waals surface area contributed by atoms with Gasteiger partial charge in [0.25, 0.3) is 0 Å². The van der Waals surface area contributed by atoms with Crippen LogP contribution in [0.3, 0.4) is 0 Å². The highest BCUT2D eigenvalue weighted by molar-refractivity contribution is 9.10. The summed E-state index contributed by atoms with van der Waals surface area (Å²) in [5.74, 6) is 1.38. The maximum absolute atomic E-state index is 5.92. The molecule has 2 rings (SSSR count). The largest absolute Gasteiger partial charge is 0.439 e. The standard InChI is InChI=1S/C16H19BrN2O2/c1-3-18-9-13-8-14(17)10-19-16(13)21-15-6-4-5-12(7-15)11-20-2/h4-8,10,18H,3,9,11H2,1-2H3. The Kier molecular flexibility index (Phi) is 6.17. The van der Waals surface area contributed by atoms with E-state index in [1.807, 2.05) is 30.3 Å². The van der Waals surface area contributed by atoms with Crippen LogP contribution in [0.1, 0.15) is 18.1 Å². The number of aromatic nitrogens is 1. The van der Waals surface area contributed by atoms with Gasteiger partial charge in [0.1, 0.15) is 5.75 Å². The molecule has 112 valence electrons. The first-order chi connectivity index (χ1) is 10.2. The summed E-state index contributed by atoms with van der Waals surface area (Å²) in [6.07, 6.45) is 1.74. The molecule has 1 heterocycles. The van der Waals surface area contributed by atoms with Crippen molar-refractivity contribution < 1.29 is 9.47 Å². The van der Waals surface area contributed by atoms with Crippen LogP contribution in [0.4, 0.5) is 0 Å². The Labute approximate surface area is 133 Å². The molecule has 0 amide bonds. The predicted molar refractivity (Wildman–Crippen MR) is 86.5 cm³/mol. The van der Waals surface area contributed by atoms with Gasteiger partial charge in [0.05, 0.1) is 6.61 Å². The second-order valence-electron chi connectivity index (χ2n) is 4.58. The van der Waals surface area contributed by atoms with Crippen molar-refractivity contribution in [2.75, 3.05) is 13.7 Å². The van der Waals surface area contributed by atoms with E-state index in [2.05, 4.69) is 33.2 Å². The molecule has 0 spiro atoms. The van der Waals surface area contributed by atoms with Gasteiger partial charge in [0, 0.05) is 29.9 Å². The van der Waals surface area contributed by atoms with Crippen LogP contribution in [0.2, 0.25) is 0 Å². The number of halogens is 1. The molecule has 0 saturated carbocycles. The summed E-state index contributed by atoms with van der Waals surface area (Å²) in [5, 5.41) is 3.29. The first-order valence-corrected chi connectivity index (χ1v) is 7.63. The summed E-state index contributed by atoms with van der Waals surface area (Å²) in [6.45, 7) is 4.25. The molecule has 0 atom stereocenters. The summed E-state index contributed by atoms with van der Waals surface area (Å²) < 4.78 is 12.0. The van der Waals surface area contributed by atoms with Gasteiger partial charge in [-0.1, -0.05) is 19.1 Å². The highest BCUT2D eigenvalue weighted by Gasteiger charge is 2.08. The molecule has 0 aliphatic rings. The van der Waals surface area contributed by atoms with Crippen LogP contribution in [0.5, 0.6) is 11.6 Å². The molecule has 0 aliphatic carbocycles. The maximum atomic E-state index is 5.92. The van der Waals surface area contributed by atoms with E-state index >= 15 is 0 Å². The van der Waals surface area contributed by atoms with Gasteiger partial charge in [-0.05, 0) is 46.2 Å². The van der Waals surface area contributed by atoms with Crippen molar-refractivity contribution in [3.8, 4) is 11.6 Å². The van der Waals surface area contributed by atoms with Crippen molar-refractivity contribution in [1.82, 2.24) is 10.3 Å². The maximum Gasteiger partial charge on any atom is 0.223 e. The van der Waals surface area contributed by atoms with E-state index in [0.717, 1.165) is 34.4 Å². The van der Waals surface area contributed by atoms with E-state index in [1.54, 1.807) is 13.3 Å². The Balaban J connectivity index is 2.20. The number of pyridine rings is 1. The van der Waals surface area contributed by atoms with Gasteiger partial charge in [-0.3, -0.25) is 0 Å². The topological polar surface area (TPSA) is 43.4 Å². The third kappa shape index (κ3) is 4.81. The second-order valence-corrected chi connectivity index (χ2v) is 5.50. The Bertz CT molecular complexity index is 590. The number of nitrogens with zero attached hydrogens (tertiary/aromatic N) is 1. The molecule has 0 unspecified atom stereocenters. The summed E-state index contributed by atoms with van der Waals surface area (Å²) in [7, 11) is 1.68. The van der Waals surface area contributed by atoms with E-state index in [0.29, 0.717) is 12.5 Å². The molecule has 0 fully saturated rings. The summed E-state index contributed by atoms with van der Waals surface area (Å²) in [4.78, 5) is 4.36. The monoisotopic (exact) mass is 350 g/mol. The Morgan fingerprint density at radius 1 is 1.29 bits per heavy atom. The molecule has 1 aromatic heterocycles. The lowest BCUT2D eigenvalue weighted by Crippen LogP contribution is -2.13. The first kappa shape index (κ1) is 15.9. The van der Waals surface area contributed by atoms with Gasteiger partial charge in [-0.2, -0.15) is 0 Å². The van der Waals surface area contributed by atoms with Gasteiger partial charge < -0.3 is 14.8 Å². The van der Waals surface area contributed by atoms with Crippen LogP contribution in [0.15, 0.2) is 41.0 Å². The molecule has 4 nitrogen and oxygen atoms in total. The third-order valence-electron chi connectivity index (χ3n) is 2.88. The summed E-state index contributed by atoms with van der Waals surface area (Å²) >= 11 is 3.44. The van der Waals surface area contributed by atoms with Crippen LogP contribution in [0.25, 0.3) is 0 Å². The molecule has 2 aromatic rings. The Hall–Kier alpha value is -1.43. The minimum Gasteiger partial charge on any atom is -0.439 e. The molecule has 0 aliphatic heterocycles. The fraction of sp³-hybridized carbons (Fsp3) is 0.312. The molecular formula is C16H19BrN2O2. The van der Waals surface area contributed by atoms with Crippen LogP contribution >= 0.6 is 15.9 Å². The van der Waals surface area contributed by atoms with Crippen LogP contribution in [-0.2, 0) is 17.9 Å². The molecule has 5 heteroatoms. The number of methoxy groups -OCH3 is 1. The van der Waals surface area contributed by atoms with Crippen LogP contribution in [0, 0.1) is 0 Å². The van der Waals surface area contributed by atoms with Gasteiger partial charge in [-0.15, -0.1) is 0 Å². The zero-order valence-corrected chi connectivity index (χ0v) is 13.8. The normalized spacial score (nSPS) is 10.6. The number of ether oxygens (including phenoxy) is 2. The van der Waals surface area contributed by atoms with E-state index in [9.17, 15) is 0 Å². The van der Waals surface area contributed by atoms with E-state index in [-0.39, 0.29) is 0 Å². The molecule has 0 bridgehead atoms. The minimum atomic E-state index is 0.565. The third-order valence-corrected chi connectivity index (χ3v) is 3.32. The first-order valence-electron chi connectivity index (χ1n) is 6.83. The lowest BCUT2D eigenvalue weighted by atomic mass is 10.2. The fourth-order valence-electron chi connectivity index (χ4n) is 1.92. The Morgan fingerprint density at radius 3 is 2.90 bits per heavy atom. The van der Waals surface area contributed by atoms with E-state index < -0.39 is 0 Å². The van der Waals surface area contributed by atoms with E-state index in [1.165, 1.54) is 0 Å². The number of nitrogens with one attached hydrogen (secondary N) is 1. The zero-order chi connectivity index (χ0) is 15.1. The quantitative estimate of drug-likeness (QED) is 0.822. The van der Waals surface area contributed by atoms with Crippen molar-refractivity contribution in [3.63, 3.8) is 0 Å². The average molecular weight is 351 g/mol. The van der Waals surface area contributed by atoms with Crippen molar-refractivity contribution in [2.45, 2.75) is 20.1 Å². The van der Waals surface area contributed by atoms with E-state index in [4.69, 9.17) is 9.47 Å². The van der Waals surface area contributed by atoms with Gasteiger partial charge in [0.2, 0.25) is 5.88 Å². The molecule has 1 N–H and O–H groups in total. The highest BCUT2D eigenvalue weighted by Crippen LogP contribution is 2.26. The Morgan fingerprint density at radius 2 is 2.14 bits per heavy atom. The molecular weight excluding hydrogens is 332 g/mol. The number of hydrogen-bond acceptors (Lipinski definition) is 4. The number of hydrogen-bond donors (Lipinski definition) is 1. The van der Waals surface area contributed by atoms with Crippen molar-refractivity contribution in [3.05, 3.63) is 52.1 Å². The fourth-order valence-corrected chi connectivity index (χ4v) is 2.30. The molecule has 1 aromatic carbocycles. The lowest BCUT2D eigenvalue weighted by molar-refractivity contribution is 0.184. The van der Waals surface area contributed by atoms with Crippen molar-refractivity contribution in [1.29, 1.82) is 0 Å². The smallest absolute Gasteiger partial charge is 0.223 e. The second kappa shape index (κ2) is 8.12. The molecule has 0 radical (unpaired) electrons. The van der Waals surface area contributed by atoms with Gasteiger partial charge >= 0.3 is 0 Å². The van der Waals surface area contributed by atoms with Crippen molar-refractivity contribution in [2.24, 2.45) is 0 Å². The summed E-state index contributed by atoms with van der Waals surface area (Å²) in [5.41, 5.74) is 2.09. The zero-order valence-electron chi connectivity index (χ0n) is 12.2. The lowest BCUT2D eigenvalue weighted by Gasteiger charge is -2.11. The van der Waals surface area contributed by atoms with Crippen LogP contribution in [-0.4, -0.2) is 18.6 Å². The number of benzene rings is 1. The summed E-state index contributed by atoms with van der Waals surface area (Å²) in [6, 6.07) is 9.85. The SMILES string of the molecule is CCNCc1cc(Br)cnc1Oc1cccc(COC)c1. The highest BCUT2D eigenvalue weighted by atomic mass is 79.9. The predicted octanol–water partition coefficient (Wildman–Crippen LogP) is 3.89. The molecule has 21 heavy (non-hydrogen) atoms. The van der Waals surface area contributed by atoms with Crippen LogP contribution < -0.4 is 10.1 Å². The molecule has 0 saturated heterocycles.